The van der Waals surface area contributed by atoms with E-state index in [9.17, 15) is 18.0 Å². The second-order valence-corrected chi connectivity index (χ2v) is 6.77. The lowest BCUT2D eigenvalue weighted by Crippen LogP contribution is -2.35. The zero-order chi connectivity index (χ0) is 20.8. The van der Waals surface area contributed by atoms with Crippen LogP contribution in [-0.2, 0) is 15.7 Å². The summed E-state index contributed by atoms with van der Waals surface area (Å²) in [5.41, 5.74) is -1.36. The van der Waals surface area contributed by atoms with Gasteiger partial charge in [0.1, 0.15) is 22.7 Å². The quantitative estimate of drug-likeness (QED) is 0.747. The van der Waals surface area contributed by atoms with Crippen LogP contribution in [0.2, 0.25) is 0 Å². The van der Waals surface area contributed by atoms with Gasteiger partial charge in [-0.15, -0.1) is 0 Å². The Morgan fingerprint density at radius 1 is 1.07 bits per heavy atom. The number of halogens is 3. The molecule has 9 heteroatoms. The van der Waals surface area contributed by atoms with Crippen LogP contribution >= 0.6 is 0 Å². The van der Waals surface area contributed by atoms with Gasteiger partial charge in [0, 0.05) is 19.3 Å². The lowest BCUT2D eigenvalue weighted by atomic mass is 9.99. The smallest absolute Gasteiger partial charge is 0.420 e. The maximum Gasteiger partial charge on any atom is 0.420 e. The van der Waals surface area contributed by atoms with Crippen LogP contribution in [0.15, 0.2) is 12.1 Å². The fourth-order valence-corrected chi connectivity index (χ4v) is 2.41. The first kappa shape index (κ1) is 22.9. The van der Waals surface area contributed by atoms with E-state index in [-0.39, 0.29) is 18.1 Å². The number of hydrogen-bond donors (Lipinski definition) is 1. The maximum atomic E-state index is 13.2. The molecule has 1 aromatic rings. The SMILES string of the molecule is COCCC(NC(=O)OC(C)(C)C)c1cc(OC)c(C(F)(F)F)cc1OC. The molecule has 0 aliphatic carbocycles. The van der Waals surface area contributed by atoms with Crippen molar-refractivity contribution in [1.29, 1.82) is 0 Å². The number of benzene rings is 1. The van der Waals surface area contributed by atoms with Crippen LogP contribution in [0.4, 0.5) is 18.0 Å². The number of amides is 1. The molecule has 0 spiro atoms. The van der Waals surface area contributed by atoms with Crippen molar-refractivity contribution in [3.63, 3.8) is 0 Å². The number of carbonyl (C=O) groups is 1. The number of methoxy groups -OCH3 is 3. The zero-order valence-electron chi connectivity index (χ0n) is 16.3. The van der Waals surface area contributed by atoms with Gasteiger partial charge in [0.05, 0.1) is 20.3 Å². The summed E-state index contributed by atoms with van der Waals surface area (Å²) < 4.78 is 60.0. The summed E-state index contributed by atoms with van der Waals surface area (Å²) in [5, 5.41) is 2.65. The number of alkyl halides is 3. The van der Waals surface area contributed by atoms with Gasteiger partial charge in [0.25, 0.3) is 0 Å². The number of carbonyl (C=O) groups excluding carboxylic acids is 1. The molecule has 0 radical (unpaired) electrons. The van der Waals surface area contributed by atoms with Crippen LogP contribution in [0.25, 0.3) is 0 Å². The molecule has 1 N–H and O–H groups in total. The molecule has 0 saturated carbocycles. The van der Waals surface area contributed by atoms with Gasteiger partial charge < -0.3 is 24.3 Å². The topological polar surface area (TPSA) is 66.0 Å². The predicted octanol–water partition coefficient (Wildman–Crippen LogP) is 4.32. The summed E-state index contributed by atoms with van der Waals surface area (Å²) in [4.78, 5) is 12.2. The Kier molecular flexibility index (Phi) is 7.77. The van der Waals surface area contributed by atoms with Crippen LogP contribution in [0, 0.1) is 0 Å². The highest BCUT2D eigenvalue weighted by Gasteiger charge is 2.36. The van der Waals surface area contributed by atoms with Gasteiger partial charge >= 0.3 is 12.3 Å². The summed E-state index contributed by atoms with van der Waals surface area (Å²) >= 11 is 0. The van der Waals surface area contributed by atoms with Crippen molar-refractivity contribution in [2.45, 2.75) is 45.0 Å². The maximum absolute atomic E-state index is 13.2. The third kappa shape index (κ3) is 6.82. The minimum absolute atomic E-state index is 0.0275. The van der Waals surface area contributed by atoms with Crippen molar-refractivity contribution >= 4 is 6.09 Å². The lowest BCUT2D eigenvalue weighted by Gasteiger charge is -2.26. The van der Waals surface area contributed by atoms with Gasteiger partial charge in [-0.3, -0.25) is 0 Å². The van der Waals surface area contributed by atoms with Crippen LogP contribution in [-0.4, -0.2) is 39.6 Å². The third-order valence-electron chi connectivity index (χ3n) is 3.53. The van der Waals surface area contributed by atoms with Gasteiger partial charge in [-0.2, -0.15) is 13.2 Å². The lowest BCUT2D eigenvalue weighted by molar-refractivity contribution is -0.138. The summed E-state index contributed by atoms with van der Waals surface area (Å²) in [5.74, 6) is -0.396. The Labute approximate surface area is 156 Å². The van der Waals surface area contributed by atoms with Crippen molar-refractivity contribution in [1.82, 2.24) is 5.32 Å². The second-order valence-electron chi connectivity index (χ2n) is 6.77. The van der Waals surface area contributed by atoms with E-state index in [2.05, 4.69) is 5.32 Å². The molecule has 0 fully saturated rings. The molecule has 1 amide bonds. The van der Waals surface area contributed by atoms with Gasteiger partial charge in [-0.05, 0) is 39.3 Å². The van der Waals surface area contributed by atoms with Crippen molar-refractivity contribution < 1.29 is 36.9 Å². The van der Waals surface area contributed by atoms with Crippen molar-refractivity contribution in [2.75, 3.05) is 27.9 Å². The molecule has 0 aromatic heterocycles. The third-order valence-corrected chi connectivity index (χ3v) is 3.53. The summed E-state index contributed by atoms with van der Waals surface area (Å²) in [6.45, 7) is 5.38. The van der Waals surface area contributed by atoms with E-state index in [0.29, 0.717) is 12.0 Å². The Bertz CT molecular complexity index is 641. The highest BCUT2D eigenvalue weighted by atomic mass is 19.4. The van der Waals surface area contributed by atoms with Gasteiger partial charge in [0.2, 0.25) is 0 Å². The molecular formula is C18H26F3NO5. The number of alkyl carbamates (subject to hydrolysis) is 1. The molecule has 0 aliphatic heterocycles. The van der Waals surface area contributed by atoms with Gasteiger partial charge in [0.15, 0.2) is 0 Å². The molecule has 1 atom stereocenters. The fourth-order valence-electron chi connectivity index (χ4n) is 2.41. The summed E-state index contributed by atoms with van der Waals surface area (Å²) in [6.07, 6.45) is -5.03. The van der Waals surface area contributed by atoms with Crippen LogP contribution in [0.5, 0.6) is 11.5 Å². The molecule has 0 heterocycles. The van der Waals surface area contributed by atoms with E-state index >= 15 is 0 Å². The van der Waals surface area contributed by atoms with E-state index < -0.39 is 29.5 Å². The van der Waals surface area contributed by atoms with Crippen LogP contribution < -0.4 is 14.8 Å². The minimum Gasteiger partial charge on any atom is -0.496 e. The van der Waals surface area contributed by atoms with Crippen LogP contribution in [0.3, 0.4) is 0 Å². The highest BCUT2D eigenvalue weighted by molar-refractivity contribution is 5.69. The Balaban J connectivity index is 3.33. The van der Waals surface area contributed by atoms with E-state index in [1.807, 2.05) is 0 Å². The average Bonchev–Trinajstić information content (AvgIpc) is 2.54. The standard InChI is InChI=1S/C18H26F3NO5/c1-17(2,3)27-16(23)22-13(7-8-24-4)11-9-15(26-6)12(18(19,20)21)10-14(11)25-5/h9-10,13H,7-8H2,1-6H3,(H,22,23). The first-order valence-corrected chi connectivity index (χ1v) is 8.24. The Morgan fingerprint density at radius 3 is 2.11 bits per heavy atom. The molecule has 6 nitrogen and oxygen atoms in total. The summed E-state index contributed by atoms with van der Waals surface area (Å²) in [6, 6.07) is 1.36. The molecule has 27 heavy (non-hydrogen) atoms. The minimum atomic E-state index is -4.61. The van der Waals surface area contributed by atoms with Gasteiger partial charge in [-0.25, -0.2) is 4.79 Å². The average molecular weight is 393 g/mol. The molecule has 154 valence electrons. The molecule has 1 aromatic carbocycles. The van der Waals surface area contributed by atoms with Crippen molar-refractivity contribution in [3.8, 4) is 11.5 Å². The summed E-state index contributed by atoms with van der Waals surface area (Å²) in [7, 11) is 3.88. The van der Waals surface area contributed by atoms with E-state index in [1.165, 1.54) is 20.3 Å². The number of hydrogen-bond acceptors (Lipinski definition) is 5. The predicted molar refractivity (Wildman–Crippen MR) is 93.2 cm³/mol. The van der Waals surface area contributed by atoms with Crippen molar-refractivity contribution in [3.05, 3.63) is 23.3 Å². The molecule has 1 unspecified atom stereocenters. The number of rotatable bonds is 7. The van der Waals surface area contributed by atoms with Gasteiger partial charge in [-0.1, -0.05) is 0 Å². The van der Waals surface area contributed by atoms with E-state index in [1.54, 1.807) is 20.8 Å². The first-order valence-electron chi connectivity index (χ1n) is 8.24. The zero-order valence-corrected chi connectivity index (χ0v) is 16.3. The molecule has 0 aliphatic rings. The highest BCUT2D eigenvalue weighted by Crippen LogP contribution is 2.42. The Hall–Kier alpha value is -2.16. The number of nitrogens with one attached hydrogen (secondary N) is 1. The largest absolute Gasteiger partial charge is 0.496 e. The molecule has 0 bridgehead atoms. The number of ether oxygens (including phenoxy) is 4. The van der Waals surface area contributed by atoms with E-state index in [0.717, 1.165) is 13.2 Å². The molecule has 0 saturated heterocycles. The normalized spacial score (nSPS) is 13.1. The van der Waals surface area contributed by atoms with E-state index in [4.69, 9.17) is 18.9 Å². The molecular weight excluding hydrogens is 367 g/mol. The van der Waals surface area contributed by atoms with Crippen molar-refractivity contribution in [2.24, 2.45) is 0 Å². The molecule has 1 rings (SSSR count). The Morgan fingerprint density at radius 2 is 1.67 bits per heavy atom. The first-order chi connectivity index (χ1) is 12.4. The monoisotopic (exact) mass is 393 g/mol. The second kappa shape index (κ2) is 9.16. The van der Waals surface area contributed by atoms with Crippen LogP contribution in [0.1, 0.15) is 44.4 Å². The fraction of sp³-hybridized carbons (Fsp3) is 0.611.